The molecule has 30 heavy (non-hydrogen) atoms. The van der Waals surface area contributed by atoms with Crippen molar-refractivity contribution in [2.45, 2.75) is 36.4 Å². The Hall–Kier alpha value is -1.57. The molecular formula is C21H20Cl3FN2O3. The van der Waals surface area contributed by atoms with Crippen molar-refractivity contribution in [1.82, 2.24) is 10.6 Å². The molecule has 0 heterocycles. The summed E-state index contributed by atoms with van der Waals surface area (Å²) in [4.78, 5) is 12.2. The Balaban J connectivity index is 1.27. The van der Waals surface area contributed by atoms with E-state index in [1.54, 1.807) is 12.1 Å². The molecule has 3 saturated carbocycles. The number of carbonyl (C=O) groups excluding carboxylic acids is 1. The van der Waals surface area contributed by atoms with E-state index in [1.807, 2.05) is 6.07 Å². The van der Waals surface area contributed by atoms with Gasteiger partial charge in [0.25, 0.3) is 5.91 Å². The van der Waals surface area contributed by atoms with Crippen LogP contribution in [0.5, 0.6) is 5.75 Å². The summed E-state index contributed by atoms with van der Waals surface area (Å²) in [7, 11) is 0. The molecule has 1 unspecified atom stereocenters. The van der Waals surface area contributed by atoms with Gasteiger partial charge in [-0.15, -0.1) is 0 Å². The summed E-state index contributed by atoms with van der Waals surface area (Å²) < 4.78 is 18.8. The van der Waals surface area contributed by atoms with Crippen molar-refractivity contribution in [2.75, 3.05) is 13.2 Å². The third kappa shape index (κ3) is 4.25. The van der Waals surface area contributed by atoms with Gasteiger partial charge in [-0.05, 0) is 49.1 Å². The molecule has 2 aromatic rings. The van der Waals surface area contributed by atoms with Gasteiger partial charge in [0.2, 0.25) is 0 Å². The van der Waals surface area contributed by atoms with Crippen molar-refractivity contribution in [3.8, 4) is 5.75 Å². The first-order valence-corrected chi connectivity index (χ1v) is 10.6. The topological polar surface area (TPSA) is 70.6 Å². The number of benzene rings is 2. The molecule has 2 aromatic carbocycles. The van der Waals surface area contributed by atoms with Crippen molar-refractivity contribution in [3.05, 3.63) is 62.8 Å². The molecule has 160 valence electrons. The highest BCUT2D eigenvalue weighted by Gasteiger charge is 2.68. The largest absolute Gasteiger partial charge is 0.484 e. The van der Waals surface area contributed by atoms with Crippen molar-refractivity contribution in [2.24, 2.45) is 0 Å². The van der Waals surface area contributed by atoms with Crippen molar-refractivity contribution < 1.29 is 19.0 Å². The molecule has 5 rings (SSSR count). The first-order valence-electron chi connectivity index (χ1n) is 9.46. The van der Waals surface area contributed by atoms with Gasteiger partial charge in [-0.3, -0.25) is 4.79 Å². The zero-order valence-corrected chi connectivity index (χ0v) is 18.1. The minimum absolute atomic E-state index is 0.000483. The number of rotatable bonds is 8. The van der Waals surface area contributed by atoms with Crippen LogP contribution in [0.2, 0.25) is 15.1 Å². The lowest BCUT2D eigenvalue weighted by Gasteiger charge is -2.71. The predicted molar refractivity (Wildman–Crippen MR) is 114 cm³/mol. The van der Waals surface area contributed by atoms with Crippen molar-refractivity contribution >= 4 is 40.7 Å². The Bertz CT molecular complexity index is 968. The van der Waals surface area contributed by atoms with Crippen molar-refractivity contribution in [1.29, 1.82) is 0 Å². The summed E-state index contributed by atoms with van der Waals surface area (Å²) in [6, 6.07) is 9.06. The van der Waals surface area contributed by atoms with Gasteiger partial charge in [0.05, 0.1) is 27.7 Å². The summed E-state index contributed by atoms with van der Waals surface area (Å²) in [5.74, 6) is -0.612. The fourth-order valence-corrected chi connectivity index (χ4v) is 4.88. The number of hydrogen-bond donors (Lipinski definition) is 3. The minimum Gasteiger partial charge on any atom is -0.484 e. The second-order valence-corrected chi connectivity index (χ2v) is 9.28. The van der Waals surface area contributed by atoms with Gasteiger partial charge in [-0.25, -0.2) is 4.39 Å². The summed E-state index contributed by atoms with van der Waals surface area (Å²) in [6.45, 7) is -0.281. The average Bonchev–Trinajstić information content (AvgIpc) is 2.66. The fraction of sp³-hybridized carbons (Fsp3) is 0.381. The van der Waals surface area contributed by atoms with Crippen LogP contribution in [0.15, 0.2) is 36.4 Å². The summed E-state index contributed by atoms with van der Waals surface area (Å²) in [5.41, 5.74) is 0.488. The highest BCUT2D eigenvalue weighted by atomic mass is 35.5. The third-order valence-electron chi connectivity index (χ3n) is 5.70. The minimum atomic E-state index is -0.595. The maximum Gasteiger partial charge on any atom is 0.258 e. The number of ether oxygens (including phenoxy) is 1. The molecule has 2 bridgehead atoms. The Morgan fingerprint density at radius 3 is 2.40 bits per heavy atom. The molecule has 9 heteroatoms. The van der Waals surface area contributed by atoms with Gasteiger partial charge in [-0.1, -0.05) is 40.9 Å². The third-order valence-corrected chi connectivity index (χ3v) is 6.75. The number of amides is 1. The van der Waals surface area contributed by atoms with Gasteiger partial charge in [-0.2, -0.15) is 0 Å². The van der Waals surface area contributed by atoms with E-state index in [1.165, 1.54) is 12.1 Å². The zero-order chi connectivity index (χ0) is 21.5. The molecule has 0 spiro atoms. The van der Waals surface area contributed by atoms with E-state index in [2.05, 4.69) is 10.6 Å². The predicted octanol–water partition coefficient (Wildman–Crippen LogP) is 4.28. The maximum atomic E-state index is 13.4. The fourth-order valence-electron chi connectivity index (χ4n) is 4.45. The molecule has 0 radical (unpaired) electrons. The van der Waals surface area contributed by atoms with Crippen LogP contribution in [0.3, 0.4) is 0 Å². The Morgan fingerprint density at radius 2 is 1.77 bits per heavy atom. The molecule has 1 amide bonds. The number of nitrogens with one attached hydrogen (secondary N) is 2. The number of aliphatic hydroxyl groups excluding tert-OH is 1. The summed E-state index contributed by atoms with van der Waals surface area (Å²) >= 11 is 17.7. The Morgan fingerprint density at radius 1 is 1.07 bits per heavy atom. The molecule has 3 aliphatic rings. The molecule has 1 atom stereocenters. The van der Waals surface area contributed by atoms with Gasteiger partial charge >= 0.3 is 0 Å². The lowest BCUT2D eigenvalue weighted by Crippen LogP contribution is -2.83. The van der Waals surface area contributed by atoms with E-state index in [0.29, 0.717) is 10.0 Å². The maximum absolute atomic E-state index is 13.4. The normalized spacial score (nSPS) is 25.1. The quantitative estimate of drug-likeness (QED) is 0.535. The number of hydrogen-bond acceptors (Lipinski definition) is 4. The monoisotopic (exact) mass is 472 g/mol. The Labute approximate surface area is 188 Å². The Kier molecular flexibility index (Phi) is 5.90. The van der Waals surface area contributed by atoms with Crippen LogP contribution in [-0.2, 0) is 4.79 Å². The summed E-state index contributed by atoms with van der Waals surface area (Å²) in [5, 5.41) is 17.2. The zero-order valence-electron chi connectivity index (χ0n) is 15.9. The molecule has 0 saturated heterocycles. The highest BCUT2D eigenvalue weighted by Crippen LogP contribution is 2.61. The average molecular weight is 474 g/mol. The molecular weight excluding hydrogens is 454 g/mol. The van der Waals surface area contributed by atoms with E-state index < -0.39 is 5.82 Å². The van der Waals surface area contributed by atoms with Crippen LogP contribution < -0.4 is 15.4 Å². The van der Waals surface area contributed by atoms with E-state index in [9.17, 15) is 14.3 Å². The highest BCUT2D eigenvalue weighted by molar-refractivity contribution is 6.42. The molecule has 0 aromatic heterocycles. The molecule has 3 fully saturated rings. The summed E-state index contributed by atoms with van der Waals surface area (Å²) in [6.07, 6.45) is 2.29. The second-order valence-electron chi connectivity index (χ2n) is 8.06. The van der Waals surface area contributed by atoms with Crippen LogP contribution in [-0.4, -0.2) is 35.3 Å². The van der Waals surface area contributed by atoms with Crippen LogP contribution in [0.25, 0.3) is 0 Å². The van der Waals surface area contributed by atoms with E-state index in [4.69, 9.17) is 39.5 Å². The lowest BCUT2D eigenvalue weighted by atomic mass is 9.44. The van der Waals surface area contributed by atoms with Gasteiger partial charge in [0, 0.05) is 17.1 Å². The van der Waals surface area contributed by atoms with E-state index >= 15 is 0 Å². The molecule has 3 N–H and O–H groups in total. The van der Waals surface area contributed by atoms with E-state index in [0.717, 1.165) is 30.9 Å². The molecule has 5 nitrogen and oxygen atoms in total. The smallest absolute Gasteiger partial charge is 0.258 e. The first kappa shape index (κ1) is 21.7. The van der Waals surface area contributed by atoms with Crippen LogP contribution >= 0.6 is 34.8 Å². The van der Waals surface area contributed by atoms with Crippen LogP contribution in [0.1, 0.15) is 30.9 Å². The van der Waals surface area contributed by atoms with Crippen LogP contribution in [0.4, 0.5) is 4.39 Å². The van der Waals surface area contributed by atoms with Crippen molar-refractivity contribution in [3.63, 3.8) is 0 Å². The lowest BCUT2D eigenvalue weighted by molar-refractivity contribution is -0.145. The van der Waals surface area contributed by atoms with Gasteiger partial charge < -0.3 is 20.5 Å². The van der Waals surface area contributed by atoms with E-state index in [-0.39, 0.29) is 47.0 Å². The number of carbonyl (C=O) groups is 1. The van der Waals surface area contributed by atoms with Gasteiger partial charge in [0.15, 0.2) is 6.61 Å². The van der Waals surface area contributed by atoms with Crippen LogP contribution in [0, 0.1) is 5.82 Å². The SMILES string of the molecule is O=C(COc1ccc(Cl)c(F)c1)NC12CC(NC(CO)c3ccc(Cl)c(Cl)c3)(C1)C2. The number of halogens is 4. The standard InChI is InChI=1S/C21H20Cl3FN2O3/c22-14-3-1-12(5-16(14)24)18(7-28)26-20-9-21(10-20,11-20)27-19(29)8-30-13-2-4-15(23)17(25)6-13/h1-6,18,26,28H,7-11H2,(H,27,29). The first-order chi connectivity index (χ1) is 14.2. The molecule has 0 aliphatic heterocycles. The second kappa shape index (κ2) is 8.17. The number of aliphatic hydroxyl groups is 1. The van der Waals surface area contributed by atoms with Gasteiger partial charge in [0.1, 0.15) is 11.6 Å². The molecule has 3 aliphatic carbocycles.